The fraction of sp³-hybridized carbons (Fsp3) is 0.333. The summed E-state index contributed by atoms with van der Waals surface area (Å²) in [6.07, 6.45) is 7.23. The molecule has 0 heterocycles. The van der Waals surface area contributed by atoms with Crippen molar-refractivity contribution < 1.29 is 0 Å². The van der Waals surface area contributed by atoms with Crippen molar-refractivity contribution in [2.75, 3.05) is 0 Å². The second kappa shape index (κ2) is 3.82. The van der Waals surface area contributed by atoms with E-state index in [9.17, 15) is 0 Å². The summed E-state index contributed by atoms with van der Waals surface area (Å²) in [6.45, 7) is 6.51. The van der Waals surface area contributed by atoms with Crippen molar-refractivity contribution in [2.45, 2.75) is 32.6 Å². The van der Waals surface area contributed by atoms with E-state index in [4.69, 9.17) is 5.73 Å². The van der Waals surface area contributed by atoms with Gasteiger partial charge in [-0.1, -0.05) is 35.9 Å². The van der Waals surface area contributed by atoms with Crippen LogP contribution in [-0.2, 0) is 5.41 Å². The zero-order chi connectivity index (χ0) is 11.8. The summed E-state index contributed by atoms with van der Waals surface area (Å²) in [6, 6.07) is 6.61. The summed E-state index contributed by atoms with van der Waals surface area (Å²) in [5.74, 6) is 0. The third kappa shape index (κ3) is 1.67. The largest absolute Gasteiger partial charge is 0.401 e. The van der Waals surface area contributed by atoms with Gasteiger partial charge < -0.3 is 5.73 Å². The maximum absolute atomic E-state index is 6.16. The van der Waals surface area contributed by atoms with Crippen LogP contribution in [0.3, 0.4) is 0 Å². The number of hydrogen-bond acceptors (Lipinski definition) is 1. The van der Waals surface area contributed by atoms with Crippen LogP contribution in [0.4, 0.5) is 0 Å². The Morgan fingerprint density at radius 3 is 2.62 bits per heavy atom. The summed E-state index contributed by atoms with van der Waals surface area (Å²) in [7, 11) is 0. The smallest absolute Gasteiger partial charge is 0.0356 e. The Bertz CT molecular complexity index is 468. The minimum absolute atomic E-state index is 0.0352. The van der Waals surface area contributed by atoms with Crippen LogP contribution in [-0.4, -0.2) is 0 Å². The molecule has 1 atom stereocenters. The maximum atomic E-state index is 6.16. The summed E-state index contributed by atoms with van der Waals surface area (Å²) in [5.41, 5.74) is 11.1. The van der Waals surface area contributed by atoms with E-state index in [1.165, 1.54) is 16.7 Å². The number of aryl methyl sites for hydroxylation is 2. The first-order valence-electron chi connectivity index (χ1n) is 5.74. The van der Waals surface area contributed by atoms with Gasteiger partial charge in [0.25, 0.3) is 0 Å². The lowest BCUT2D eigenvalue weighted by molar-refractivity contribution is 0.549. The highest BCUT2D eigenvalue weighted by molar-refractivity contribution is 5.44. The molecule has 0 bridgehead atoms. The zero-order valence-electron chi connectivity index (χ0n) is 10.2. The molecule has 0 aromatic heterocycles. The molecule has 1 aromatic carbocycles. The molecule has 0 aliphatic heterocycles. The number of benzene rings is 1. The average molecular weight is 213 g/mol. The topological polar surface area (TPSA) is 26.0 Å². The second-order valence-electron chi connectivity index (χ2n) is 4.90. The van der Waals surface area contributed by atoms with Crippen LogP contribution in [0.5, 0.6) is 0 Å². The molecule has 1 heteroatoms. The lowest BCUT2D eigenvalue weighted by Crippen LogP contribution is -2.31. The van der Waals surface area contributed by atoms with Crippen molar-refractivity contribution >= 4 is 0 Å². The van der Waals surface area contributed by atoms with Gasteiger partial charge in [-0.2, -0.15) is 0 Å². The molecule has 0 saturated carbocycles. The molecule has 0 saturated heterocycles. The van der Waals surface area contributed by atoms with Crippen LogP contribution in [0.2, 0.25) is 0 Å². The van der Waals surface area contributed by atoms with Crippen LogP contribution < -0.4 is 5.73 Å². The molecule has 0 spiro atoms. The standard InChI is InChI=1S/C15H19N/c1-11-7-8-13(12(2)10-11)15(3)9-5-4-6-14(15)16/h4-8,10H,9,16H2,1-3H3. The lowest BCUT2D eigenvalue weighted by Gasteiger charge is -2.33. The van der Waals surface area contributed by atoms with Crippen LogP contribution in [0.1, 0.15) is 30.0 Å². The van der Waals surface area contributed by atoms with Crippen molar-refractivity contribution in [1.29, 1.82) is 0 Å². The minimum atomic E-state index is -0.0352. The van der Waals surface area contributed by atoms with Crippen molar-refractivity contribution in [2.24, 2.45) is 5.73 Å². The van der Waals surface area contributed by atoms with E-state index in [2.05, 4.69) is 45.0 Å². The Kier molecular flexibility index (Phi) is 2.63. The number of rotatable bonds is 1. The zero-order valence-corrected chi connectivity index (χ0v) is 10.2. The van der Waals surface area contributed by atoms with Gasteiger partial charge in [-0.15, -0.1) is 0 Å². The van der Waals surface area contributed by atoms with Gasteiger partial charge in [0.1, 0.15) is 0 Å². The van der Waals surface area contributed by atoms with E-state index in [1.54, 1.807) is 0 Å². The molecular formula is C15H19N. The summed E-state index contributed by atoms with van der Waals surface area (Å²) in [5, 5.41) is 0. The van der Waals surface area contributed by atoms with Crippen molar-refractivity contribution in [3.05, 3.63) is 58.8 Å². The Morgan fingerprint density at radius 1 is 1.25 bits per heavy atom. The molecular weight excluding hydrogens is 194 g/mol. The number of hydrogen-bond donors (Lipinski definition) is 1. The van der Waals surface area contributed by atoms with Gasteiger partial charge in [0, 0.05) is 11.1 Å². The van der Waals surface area contributed by atoms with E-state index in [0.29, 0.717) is 0 Å². The Hall–Kier alpha value is -1.50. The van der Waals surface area contributed by atoms with E-state index in [0.717, 1.165) is 12.1 Å². The Balaban J connectivity index is 2.51. The summed E-state index contributed by atoms with van der Waals surface area (Å²) in [4.78, 5) is 0. The molecule has 2 rings (SSSR count). The Morgan fingerprint density at radius 2 is 2.00 bits per heavy atom. The van der Waals surface area contributed by atoms with Crippen molar-refractivity contribution in [3.63, 3.8) is 0 Å². The summed E-state index contributed by atoms with van der Waals surface area (Å²) >= 11 is 0. The van der Waals surface area contributed by atoms with Crippen LogP contribution >= 0.6 is 0 Å². The molecule has 2 N–H and O–H groups in total. The third-order valence-corrected chi connectivity index (χ3v) is 3.55. The van der Waals surface area contributed by atoms with Gasteiger partial charge in [-0.3, -0.25) is 0 Å². The summed E-state index contributed by atoms with van der Waals surface area (Å²) < 4.78 is 0. The third-order valence-electron chi connectivity index (χ3n) is 3.55. The van der Waals surface area contributed by atoms with E-state index in [1.807, 2.05) is 12.2 Å². The van der Waals surface area contributed by atoms with Crippen LogP contribution in [0.25, 0.3) is 0 Å². The van der Waals surface area contributed by atoms with Gasteiger partial charge in [0.05, 0.1) is 0 Å². The number of allylic oxidation sites excluding steroid dienone is 4. The van der Waals surface area contributed by atoms with Gasteiger partial charge >= 0.3 is 0 Å². The van der Waals surface area contributed by atoms with E-state index < -0.39 is 0 Å². The maximum Gasteiger partial charge on any atom is 0.0356 e. The average Bonchev–Trinajstić information content (AvgIpc) is 2.22. The van der Waals surface area contributed by atoms with Gasteiger partial charge in [0.15, 0.2) is 0 Å². The highest BCUT2D eigenvalue weighted by Crippen LogP contribution is 2.37. The molecule has 84 valence electrons. The van der Waals surface area contributed by atoms with Crippen molar-refractivity contribution in [3.8, 4) is 0 Å². The molecule has 1 nitrogen and oxygen atoms in total. The molecule has 0 radical (unpaired) electrons. The van der Waals surface area contributed by atoms with Crippen LogP contribution in [0.15, 0.2) is 42.1 Å². The first-order chi connectivity index (χ1) is 7.54. The van der Waals surface area contributed by atoms with Gasteiger partial charge in [0.2, 0.25) is 0 Å². The Labute approximate surface area is 97.7 Å². The minimum Gasteiger partial charge on any atom is -0.401 e. The molecule has 16 heavy (non-hydrogen) atoms. The second-order valence-corrected chi connectivity index (χ2v) is 4.90. The normalized spacial score (nSPS) is 24.3. The van der Waals surface area contributed by atoms with Gasteiger partial charge in [-0.05, 0) is 44.4 Å². The van der Waals surface area contributed by atoms with Crippen LogP contribution in [0, 0.1) is 13.8 Å². The molecule has 1 aromatic rings. The number of nitrogens with two attached hydrogens (primary N) is 1. The molecule has 1 aliphatic rings. The van der Waals surface area contributed by atoms with E-state index >= 15 is 0 Å². The fourth-order valence-corrected chi connectivity index (χ4v) is 2.48. The predicted octanol–water partition coefficient (Wildman–Crippen LogP) is 3.36. The van der Waals surface area contributed by atoms with Crippen molar-refractivity contribution in [1.82, 2.24) is 0 Å². The predicted molar refractivity (Wildman–Crippen MR) is 69.3 cm³/mol. The lowest BCUT2D eigenvalue weighted by atomic mass is 9.73. The molecule has 0 fully saturated rings. The monoisotopic (exact) mass is 213 g/mol. The quantitative estimate of drug-likeness (QED) is 0.760. The SMILES string of the molecule is Cc1ccc(C2(C)CC=CC=C2N)c(C)c1. The molecule has 1 unspecified atom stereocenters. The van der Waals surface area contributed by atoms with Gasteiger partial charge in [-0.25, -0.2) is 0 Å². The first kappa shape index (κ1) is 11.0. The highest BCUT2D eigenvalue weighted by atomic mass is 14.6. The highest BCUT2D eigenvalue weighted by Gasteiger charge is 2.30. The molecule has 0 amide bonds. The first-order valence-corrected chi connectivity index (χ1v) is 5.74. The fourth-order valence-electron chi connectivity index (χ4n) is 2.48. The van der Waals surface area contributed by atoms with E-state index in [-0.39, 0.29) is 5.41 Å². The molecule has 1 aliphatic carbocycles.